The number of nitrogens with zero attached hydrogens (tertiary/aromatic N) is 2. The monoisotopic (exact) mass is 405 g/mol. The van der Waals surface area contributed by atoms with Gasteiger partial charge in [-0.25, -0.2) is 0 Å². The van der Waals surface area contributed by atoms with Crippen molar-refractivity contribution < 1.29 is 19.1 Å². The third-order valence-corrected chi connectivity index (χ3v) is 4.69. The van der Waals surface area contributed by atoms with E-state index in [0.717, 1.165) is 12.8 Å². The maximum Gasteiger partial charge on any atom is 0.264 e. The summed E-state index contributed by atoms with van der Waals surface area (Å²) in [5.41, 5.74) is 1.40. The molecule has 0 spiro atoms. The van der Waals surface area contributed by atoms with Crippen LogP contribution in [0.2, 0.25) is 0 Å². The molecule has 1 N–H and O–H groups in total. The Hall–Kier alpha value is -3.79. The molecule has 3 rings (SSSR count). The van der Waals surface area contributed by atoms with Gasteiger partial charge in [0.1, 0.15) is 23.1 Å². The molecule has 0 bridgehead atoms. The van der Waals surface area contributed by atoms with Gasteiger partial charge < -0.3 is 19.7 Å². The summed E-state index contributed by atoms with van der Waals surface area (Å²) < 4.78 is 10.7. The third kappa shape index (κ3) is 5.39. The molecule has 154 valence electrons. The van der Waals surface area contributed by atoms with E-state index in [4.69, 9.17) is 9.47 Å². The minimum atomic E-state index is -0.313. The van der Waals surface area contributed by atoms with Gasteiger partial charge in [-0.15, -0.1) is 0 Å². The number of anilines is 1. The van der Waals surface area contributed by atoms with Crippen molar-refractivity contribution >= 4 is 23.6 Å². The van der Waals surface area contributed by atoms with Gasteiger partial charge in [0, 0.05) is 13.1 Å². The summed E-state index contributed by atoms with van der Waals surface area (Å²) in [6.07, 6.45) is 3.51. The summed E-state index contributed by atoms with van der Waals surface area (Å²) in [6.45, 7) is 1.23. The molecule has 0 aromatic heterocycles. The minimum Gasteiger partial charge on any atom is -0.495 e. The van der Waals surface area contributed by atoms with Gasteiger partial charge in [0.2, 0.25) is 0 Å². The molecule has 1 saturated heterocycles. The molecule has 2 aromatic rings. The molecule has 0 radical (unpaired) electrons. The van der Waals surface area contributed by atoms with Crippen molar-refractivity contribution in [1.29, 1.82) is 5.26 Å². The van der Waals surface area contributed by atoms with E-state index in [1.807, 2.05) is 12.1 Å². The second-order valence-electron chi connectivity index (χ2n) is 6.78. The number of amides is 2. The Bertz CT molecular complexity index is 971. The number of hydrogen-bond donors (Lipinski definition) is 1. The summed E-state index contributed by atoms with van der Waals surface area (Å²) in [5.74, 6) is 0.528. The Morgan fingerprint density at radius 3 is 2.50 bits per heavy atom. The average Bonchev–Trinajstić information content (AvgIpc) is 3.32. The molecular formula is C23H23N3O4. The highest BCUT2D eigenvalue weighted by Gasteiger charge is 2.21. The second-order valence-corrected chi connectivity index (χ2v) is 6.78. The first-order chi connectivity index (χ1) is 14.6. The van der Waals surface area contributed by atoms with E-state index in [-0.39, 0.29) is 24.0 Å². The molecule has 30 heavy (non-hydrogen) atoms. The van der Waals surface area contributed by atoms with Crippen LogP contribution in [0.4, 0.5) is 5.69 Å². The van der Waals surface area contributed by atoms with Gasteiger partial charge in [0.05, 0.1) is 12.8 Å². The van der Waals surface area contributed by atoms with Gasteiger partial charge in [0.15, 0.2) is 6.61 Å². The van der Waals surface area contributed by atoms with Crippen molar-refractivity contribution in [2.24, 2.45) is 0 Å². The number of likely N-dealkylation sites (tertiary alicyclic amines) is 1. The third-order valence-electron chi connectivity index (χ3n) is 4.69. The van der Waals surface area contributed by atoms with Gasteiger partial charge >= 0.3 is 0 Å². The van der Waals surface area contributed by atoms with Crippen LogP contribution in [0.5, 0.6) is 11.5 Å². The van der Waals surface area contributed by atoms with Crippen LogP contribution in [0.15, 0.2) is 54.1 Å². The molecule has 7 nitrogen and oxygen atoms in total. The van der Waals surface area contributed by atoms with Crippen LogP contribution in [0, 0.1) is 11.3 Å². The molecule has 0 atom stereocenters. The Kier molecular flexibility index (Phi) is 7.06. The zero-order valence-corrected chi connectivity index (χ0v) is 16.8. The van der Waals surface area contributed by atoms with E-state index in [0.29, 0.717) is 35.8 Å². The normalized spacial score (nSPS) is 13.5. The fourth-order valence-electron chi connectivity index (χ4n) is 3.14. The average molecular weight is 405 g/mol. The van der Waals surface area contributed by atoms with Gasteiger partial charge in [-0.1, -0.05) is 24.3 Å². The van der Waals surface area contributed by atoms with Crippen LogP contribution in [0.3, 0.4) is 0 Å². The number of ether oxygens (including phenoxy) is 2. The van der Waals surface area contributed by atoms with Gasteiger partial charge in [-0.2, -0.15) is 5.26 Å². The Morgan fingerprint density at radius 1 is 1.13 bits per heavy atom. The molecule has 1 fully saturated rings. The summed E-state index contributed by atoms with van der Waals surface area (Å²) in [4.78, 5) is 26.2. The topological polar surface area (TPSA) is 91.7 Å². The number of methoxy groups -OCH3 is 1. The Balaban J connectivity index is 1.57. The molecule has 0 aliphatic carbocycles. The maximum atomic E-state index is 12.4. The lowest BCUT2D eigenvalue weighted by atomic mass is 10.1. The van der Waals surface area contributed by atoms with Crippen LogP contribution in [0.25, 0.3) is 6.08 Å². The smallest absolute Gasteiger partial charge is 0.264 e. The largest absolute Gasteiger partial charge is 0.495 e. The molecule has 0 unspecified atom stereocenters. The van der Waals surface area contributed by atoms with Crippen LogP contribution in [-0.2, 0) is 9.59 Å². The first-order valence-corrected chi connectivity index (χ1v) is 9.67. The number of para-hydroxylation sites is 2. The predicted octanol–water partition coefficient (Wildman–Crippen LogP) is 3.24. The molecule has 1 aliphatic heterocycles. The van der Waals surface area contributed by atoms with Gasteiger partial charge in [-0.3, -0.25) is 9.59 Å². The summed E-state index contributed by atoms with van der Waals surface area (Å²) in [6, 6.07) is 16.0. The van der Waals surface area contributed by atoms with E-state index < -0.39 is 0 Å². The Morgan fingerprint density at radius 2 is 1.83 bits per heavy atom. The number of benzene rings is 2. The van der Waals surface area contributed by atoms with Crippen LogP contribution < -0.4 is 14.8 Å². The molecule has 7 heteroatoms. The van der Waals surface area contributed by atoms with Crippen LogP contribution in [0.1, 0.15) is 18.4 Å². The molecule has 0 saturated carbocycles. The fraction of sp³-hybridized carbons (Fsp3) is 0.261. The summed E-state index contributed by atoms with van der Waals surface area (Å²) >= 11 is 0. The van der Waals surface area contributed by atoms with Crippen molar-refractivity contribution in [3.05, 3.63) is 59.7 Å². The number of nitriles is 1. The molecule has 2 amide bonds. The number of carbonyl (C=O) groups excluding carboxylic acids is 2. The molecular weight excluding hydrogens is 382 g/mol. The molecule has 2 aromatic carbocycles. The molecule has 1 heterocycles. The van der Waals surface area contributed by atoms with E-state index in [2.05, 4.69) is 5.32 Å². The maximum absolute atomic E-state index is 12.4. The van der Waals surface area contributed by atoms with Crippen LogP contribution >= 0.6 is 0 Å². The summed E-state index contributed by atoms with van der Waals surface area (Å²) in [7, 11) is 1.54. The van der Waals surface area contributed by atoms with E-state index in [1.54, 1.807) is 53.4 Å². The lowest BCUT2D eigenvalue weighted by Crippen LogP contribution is -2.28. The molecule has 1 aliphatic rings. The highest BCUT2D eigenvalue weighted by molar-refractivity contribution is 6.01. The van der Waals surface area contributed by atoms with Crippen LogP contribution in [-0.4, -0.2) is 43.5 Å². The lowest BCUT2D eigenvalue weighted by molar-refractivity contribution is -0.125. The van der Waals surface area contributed by atoms with Crippen molar-refractivity contribution in [3.63, 3.8) is 0 Å². The van der Waals surface area contributed by atoms with Gasteiger partial charge in [-0.05, 0) is 48.7 Å². The fourth-order valence-corrected chi connectivity index (χ4v) is 3.14. The zero-order valence-electron chi connectivity index (χ0n) is 16.8. The minimum absolute atomic E-state index is 0.113. The van der Waals surface area contributed by atoms with E-state index in [9.17, 15) is 14.9 Å². The number of carbonyl (C=O) groups is 2. The highest BCUT2D eigenvalue weighted by atomic mass is 16.5. The number of hydrogen-bond acceptors (Lipinski definition) is 5. The number of rotatable bonds is 7. The van der Waals surface area contributed by atoms with E-state index in [1.165, 1.54) is 7.11 Å². The van der Waals surface area contributed by atoms with Crippen molar-refractivity contribution in [3.8, 4) is 17.6 Å². The van der Waals surface area contributed by atoms with Crippen molar-refractivity contribution in [2.45, 2.75) is 12.8 Å². The van der Waals surface area contributed by atoms with E-state index >= 15 is 0 Å². The predicted molar refractivity (Wildman–Crippen MR) is 113 cm³/mol. The quantitative estimate of drug-likeness (QED) is 0.564. The highest BCUT2D eigenvalue weighted by Crippen LogP contribution is 2.23. The first-order valence-electron chi connectivity index (χ1n) is 9.67. The van der Waals surface area contributed by atoms with Gasteiger partial charge in [0.25, 0.3) is 11.8 Å². The van der Waals surface area contributed by atoms with Crippen molar-refractivity contribution in [2.75, 3.05) is 32.1 Å². The SMILES string of the molecule is COc1ccccc1NC(=O)COc1ccc(/C=C(\C#N)C(=O)N2CCCC2)cc1. The standard InChI is InChI=1S/C23H23N3O4/c1-29-21-7-3-2-6-20(21)25-22(27)16-30-19-10-8-17(9-11-19)14-18(15-24)23(28)26-12-4-5-13-26/h2-3,6-11,14H,4-5,12-13,16H2,1H3,(H,25,27)/b18-14+. The first kappa shape index (κ1) is 20.9. The number of nitrogens with one attached hydrogen (secondary N) is 1. The summed E-state index contributed by atoms with van der Waals surface area (Å²) in [5, 5.41) is 12.1. The lowest BCUT2D eigenvalue weighted by Gasteiger charge is -2.14. The second kappa shape index (κ2) is 10.1. The Labute approximate surface area is 175 Å². The van der Waals surface area contributed by atoms with Crippen molar-refractivity contribution in [1.82, 2.24) is 4.90 Å². The zero-order chi connectivity index (χ0) is 21.3.